The standard InChI is InChI=1S/C40H73NO11/c1-6-9-12-15-18-21-34(43)48-29-39(4,28-42)30-49-37(46)24-26-41-27-25-38(47)52-33-40(5,31-50-35(44)22-19-16-13-10-7-2)32-51-36(45)23-20-17-14-11-8-3/h41-42H,6-33H2,1-5H3. The molecule has 0 aromatic rings. The lowest BCUT2D eigenvalue weighted by atomic mass is 9.94. The molecule has 0 aliphatic rings. The fourth-order valence-corrected chi connectivity index (χ4v) is 5.02. The van der Waals surface area contributed by atoms with Crippen molar-refractivity contribution in [3.05, 3.63) is 0 Å². The van der Waals surface area contributed by atoms with E-state index in [0.29, 0.717) is 19.3 Å². The zero-order chi connectivity index (χ0) is 38.9. The molecule has 0 aliphatic heterocycles. The summed E-state index contributed by atoms with van der Waals surface area (Å²) in [5, 5.41) is 12.8. The lowest BCUT2D eigenvalue weighted by Crippen LogP contribution is -2.37. The molecule has 0 bridgehead atoms. The topological polar surface area (TPSA) is 164 Å². The SMILES string of the molecule is CCCCCCCC(=O)OCC(C)(CO)COC(=O)CCNCCC(=O)OCC(C)(COC(=O)CCCCCCC)COC(=O)CCCCCCC. The van der Waals surface area contributed by atoms with E-state index in [2.05, 4.69) is 26.1 Å². The Morgan fingerprint density at radius 2 is 0.692 bits per heavy atom. The van der Waals surface area contributed by atoms with Gasteiger partial charge in [-0.1, -0.05) is 105 Å². The van der Waals surface area contributed by atoms with Gasteiger partial charge >= 0.3 is 29.8 Å². The first-order valence-electron chi connectivity index (χ1n) is 20.0. The van der Waals surface area contributed by atoms with Crippen LogP contribution in [0.2, 0.25) is 0 Å². The van der Waals surface area contributed by atoms with Crippen molar-refractivity contribution in [3.8, 4) is 0 Å². The molecule has 304 valence electrons. The van der Waals surface area contributed by atoms with E-state index in [1.54, 1.807) is 13.8 Å². The second-order valence-electron chi connectivity index (χ2n) is 14.8. The number of nitrogens with one attached hydrogen (secondary N) is 1. The van der Waals surface area contributed by atoms with Gasteiger partial charge < -0.3 is 34.1 Å². The zero-order valence-electron chi connectivity index (χ0n) is 33.3. The summed E-state index contributed by atoms with van der Waals surface area (Å²) < 4.78 is 27.2. The molecule has 0 aromatic heterocycles. The summed E-state index contributed by atoms with van der Waals surface area (Å²) in [5.74, 6) is -1.95. The van der Waals surface area contributed by atoms with Crippen LogP contribution in [0.3, 0.4) is 0 Å². The van der Waals surface area contributed by atoms with Gasteiger partial charge in [0.15, 0.2) is 0 Å². The minimum atomic E-state index is -0.905. The van der Waals surface area contributed by atoms with E-state index < -0.39 is 22.8 Å². The highest BCUT2D eigenvalue weighted by molar-refractivity contribution is 5.71. The molecule has 0 saturated carbocycles. The van der Waals surface area contributed by atoms with Gasteiger partial charge in [0, 0.05) is 32.4 Å². The van der Waals surface area contributed by atoms with E-state index in [4.69, 9.17) is 23.7 Å². The minimum absolute atomic E-state index is 0.0345. The lowest BCUT2D eigenvalue weighted by Gasteiger charge is -2.28. The van der Waals surface area contributed by atoms with E-state index in [-0.39, 0.29) is 83.5 Å². The van der Waals surface area contributed by atoms with Crippen LogP contribution >= 0.6 is 0 Å². The quantitative estimate of drug-likeness (QED) is 0.0383. The summed E-state index contributed by atoms with van der Waals surface area (Å²) in [7, 11) is 0. The van der Waals surface area contributed by atoms with E-state index in [1.807, 2.05) is 0 Å². The van der Waals surface area contributed by atoms with Gasteiger partial charge in [-0.05, 0) is 26.2 Å². The number of rotatable bonds is 35. The number of esters is 5. The van der Waals surface area contributed by atoms with Crippen LogP contribution in [-0.4, -0.2) is 87.7 Å². The molecule has 0 heterocycles. The maximum absolute atomic E-state index is 12.5. The highest BCUT2D eigenvalue weighted by Gasteiger charge is 2.31. The zero-order valence-corrected chi connectivity index (χ0v) is 33.3. The summed E-state index contributed by atoms with van der Waals surface area (Å²) in [5.41, 5.74) is -1.81. The highest BCUT2D eigenvalue weighted by Crippen LogP contribution is 2.21. The Morgan fingerprint density at radius 3 is 0.981 bits per heavy atom. The van der Waals surface area contributed by atoms with Gasteiger partial charge in [-0.2, -0.15) is 0 Å². The maximum atomic E-state index is 12.5. The van der Waals surface area contributed by atoms with Gasteiger partial charge in [0.05, 0.1) is 30.3 Å². The fraction of sp³-hybridized carbons (Fsp3) is 0.875. The fourth-order valence-electron chi connectivity index (χ4n) is 5.02. The Balaban J connectivity index is 4.59. The molecule has 0 rings (SSSR count). The normalized spacial score (nSPS) is 12.5. The third-order valence-corrected chi connectivity index (χ3v) is 8.75. The van der Waals surface area contributed by atoms with Crippen molar-refractivity contribution >= 4 is 29.8 Å². The molecular formula is C40H73NO11. The van der Waals surface area contributed by atoms with Crippen LogP contribution in [0.15, 0.2) is 0 Å². The van der Waals surface area contributed by atoms with Gasteiger partial charge in [-0.3, -0.25) is 24.0 Å². The first-order valence-corrected chi connectivity index (χ1v) is 20.0. The average molecular weight is 744 g/mol. The predicted octanol–water partition coefficient (Wildman–Crippen LogP) is 7.16. The molecule has 0 saturated heterocycles. The van der Waals surface area contributed by atoms with E-state index in [1.165, 1.54) is 0 Å². The summed E-state index contributed by atoms with van der Waals surface area (Å²) in [6.07, 6.45) is 16.2. The molecule has 0 aliphatic carbocycles. The van der Waals surface area contributed by atoms with Crippen molar-refractivity contribution in [2.45, 2.75) is 163 Å². The van der Waals surface area contributed by atoms with Gasteiger partial charge in [0.25, 0.3) is 0 Å². The van der Waals surface area contributed by atoms with E-state index in [0.717, 1.165) is 96.3 Å². The summed E-state index contributed by atoms with van der Waals surface area (Å²) >= 11 is 0. The van der Waals surface area contributed by atoms with Crippen LogP contribution in [0.25, 0.3) is 0 Å². The summed E-state index contributed by atoms with van der Waals surface area (Å²) in [6, 6.07) is 0. The first kappa shape index (κ1) is 49.3. The molecule has 0 amide bonds. The number of carbonyl (C=O) groups is 5. The maximum Gasteiger partial charge on any atom is 0.307 e. The van der Waals surface area contributed by atoms with Crippen molar-refractivity contribution < 1.29 is 52.8 Å². The number of hydrogen-bond acceptors (Lipinski definition) is 12. The van der Waals surface area contributed by atoms with Crippen LogP contribution in [-0.2, 0) is 47.7 Å². The van der Waals surface area contributed by atoms with Gasteiger partial charge in [0.2, 0.25) is 0 Å². The molecule has 12 nitrogen and oxygen atoms in total. The second-order valence-corrected chi connectivity index (χ2v) is 14.8. The van der Waals surface area contributed by atoms with Crippen molar-refractivity contribution in [1.29, 1.82) is 0 Å². The molecular weight excluding hydrogens is 670 g/mol. The predicted molar refractivity (Wildman–Crippen MR) is 200 cm³/mol. The number of hydrogen-bond donors (Lipinski definition) is 2. The third kappa shape index (κ3) is 28.8. The van der Waals surface area contributed by atoms with Crippen LogP contribution in [0.4, 0.5) is 0 Å². The Morgan fingerprint density at radius 1 is 0.423 bits per heavy atom. The Kier molecular flexibility index (Phi) is 30.1. The monoisotopic (exact) mass is 744 g/mol. The lowest BCUT2D eigenvalue weighted by molar-refractivity contribution is -0.161. The van der Waals surface area contributed by atoms with Crippen LogP contribution in [0.5, 0.6) is 0 Å². The minimum Gasteiger partial charge on any atom is -0.465 e. The van der Waals surface area contributed by atoms with Gasteiger partial charge in [0.1, 0.15) is 33.0 Å². The molecule has 0 aromatic carbocycles. The molecule has 0 spiro atoms. The Labute approximate surface area is 314 Å². The van der Waals surface area contributed by atoms with Crippen molar-refractivity contribution in [1.82, 2.24) is 5.32 Å². The number of carbonyl (C=O) groups excluding carboxylic acids is 5. The molecule has 0 radical (unpaired) electrons. The third-order valence-electron chi connectivity index (χ3n) is 8.75. The van der Waals surface area contributed by atoms with Gasteiger partial charge in [-0.15, -0.1) is 0 Å². The van der Waals surface area contributed by atoms with Crippen LogP contribution in [0.1, 0.15) is 163 Å². The van der Waals surface area contributed by atoms with Crippen molar-refractivity contribution in [3.63, 3.8) is 0 Å². The average Bonchev–Trinajstić information content (AvgIpc) is 3.13. The summed E-state index contributed by atoms with van der Waals surface area (Å²) in [4.78, 5) is 61.6. The number of unbranched alkanes of at least 4 members (excludes halogenated alkanes) is 12. The highest BCUT2D eigenvalue weighted by atomic mass is 16.6. The second kappa shape index (κ2) is 31.8. The smallest absolute Gasteiger partial charge is 0.307 e. The molecule has 1 unspecified atom stereocenters. The van der Waals surface area contributed by atoms with E-state index in [9.17, 15) is 29.1 Å². The molecule has 12 heteroatoms. The molecule has 2 N–H and O–H groups in total. The molecule has 0 fully saturated rings. The molecule has 1 atom stereocenters. The largest absolute Gasteiger partial charge is 0.465 e. The van der Waals surface area contributed by atoms with Crippen LogP contribution < -0.4 is 5.32 Å². The Bertz CT molecular complexity index is 943. The summed E-state index contributed by atoms with van der Waals surface area (Å²) in [6.45, 7) is 9.71. The number of ether oxygens (including phenoxy) is 5. The van der Waals surface area contributed by atoms with Crippen molar-refractivity contribution in [2.24, 2.45) is 10.8 Å². The van der Waals surface area contributed by atoms with E-state index >= 15 is 0 Å². The Hall–Kier alpha value is -2.73. The first-order chi connectivity index (χ1) is 24.9. The number of aliphatic hydroxyl groups excluding tert-OH is 1. The molecule has 52 heavy (non-hydrogen) atoms. The van der Waals surface area contributed by atoms with Gasteiger partial charge in [-0.25, -0.2) is 0 Å². The van der Waals surface area contributed by atoms with Crippen LogP contribution in [0, 0.1) is 10.8 Å². The number of aliphatic hydroxyl groups is 1. The van der Waals surface area contributed by atoms with Crippen molar-refractivity contribution in [2.75, 3.05) is 52.7 Å².